The van der Waals surface area contributed by atoms with Crippen LogP contribution in [0.25, 0.3) is 0 Å². The SMILES string of the molecule is Cc1cc(C)c2c(c1)S(=O)(=O)CCN2CC(C)N. The minimum Gasteiger partial charge on any atom is -0.368 e. The van der Waals surface area contributed by atoms with Crippen LogP contribution in [0, 0.1) is 13.8 Å². The Hall–Kier alpha value is -1.07. The van der Waals surface area contributed by atoms with E-state index in [9.17, 15) is 8.42 Å². The average molecular weight is 268 g/mol. The standard InChI is InChI=1S/C13H20N2O2S/c1-9-6-10(2)13-12(7-9)18(16,17)5-4-15(13)8-11(3)14/h6-7,11H,4-5,8,14H2,1-3H3. The molecule has 0 aliphatic carbocycles. The smallest absolute Gasteiger partial charge is 0.182 e. The highest BCUT2D eigenvalue weighted by molar-refractivity contribution is 7.91. The van der Waals surface area contributed by atoms with Crippen LogP contribution in [-0.2, 0) is 9.84 Å². The molecule has 0 amide bonds. The molecule has 0 bridgehead atoms. The lowest BCUT2D eigenvalue weighted by molar-refractivity contribution is 0.585. The second kappa shape index (κ2) is 4.55. The summed E-state index contributed by atoms with van der Waals surface area (Å²) in [6.07, 6.45) is 0. The van der Waals surface area contributed by atoms with Gasteiger partial charge in [0.05, 0.1) is 16.3 Å². The second-order valence-corrected chi connectivity index (χ2v) is 7.25. The van der Waals surface area contributed by atoms with Gasteiger partial charge in [0.15, 0.2) is 9.84 Å². The zero-order valence-electron chi connectivity index (χ0n) is 11.1. The average Bonchev–Trinajstić information content (AvgIpc) is 2.21. The fourth-order valence-electron chi connectivity index (χ4n) is 2.55. The van der Waals surface area contributed by atoms with Gasteiger partial charge in [0.1, 0.15) is 0 Å². The van der Waals surface area contributed by atoms with Crippen molar-refractivity contribution in [1.82, 2.24) is 0 Å². The number of fused-ring (bicyclic) bond motifs is 1. The maximum Gasteiger partial charge on any atom is 0.182 e. The van der Waals surface area contributed by atoms with Crippen LogP contribution in [0.1, 0.15) is 18.1 Å². The van der Waals surface area contributed by atoms with Crippen molar-refractivity contribution in [3.8, 4) is 0 Å². The highest BCUT2D eigenvalue weighted by atomic mass is 32.2. The molecule has 1 aromatic carbocycles. The van der Waals surface area contributed by atoms with Crippen LogP contribution in [0.5, 0.6) is 0 Å². The predicted octanol–water partition coefficient (Wildman–Crippen LogP) is 1.24. The lowest BCUT2D eigenvalue weighted by atomic mass is 10.1. The van der Waals surface area contributed by atoms with Gasteiger partial charge in [-0.3, -0.25) is 0 Å². The number of anilines is 1. The van der Waals surface area contributed by atoms with E-state index in [-0.39, 0.29) is 11.8 Å². The fourth-order valence-corrected chi connectivity index (χ4v) is 4.18. The zero-order valence-corrected chi connectivity index (χ0v) is 11.9. The molecule has 100 valence electrons. The first kappa shape index (κ1) is 13.4. The van der Waals surface area contributed by atoms with Crippen molar-refractivity contribution < 1.29 is 8.42 Å². The molecule has 0 saturated heterocycles. The van der Waals surface area contributed by atoms with Crippen molar-refractivity contribution in [2.75, 3.05) is 23.7 Å². The van der Waals surface area contributed by atoms with Crippen LogP contribution in [0.2, 0.25) is 0 Å². The first-order valence-corrected chi connectivity index (χ1v) is 7.81. The molecule has 5 heteroatoms. The maximum atomic E-state index is 12.2. The number of nitrogens with zero attached hydrogens (tertiary/aromatic N) is 1. The molecule has 1 atom stereocenters. The minimum absolute atomic E-state index is 0.0272. The quantitative estimate of drug-likeness (QED) is 0.876. The molecule has 18 heavy (non-hydrogen) atoms. The minimum atomic E-state index is -3.14. The summed E-state index contributed by atoms with van der Waals surface area (Å²) in [5.41, 5.74) is 8.67. The molecule has 0 spiro atoms. The van der Waals surface area contributed by atoms with E-state index in [1.165, 1.54) is 0 Å². The van der Waals surface area contributed by atoms with Gasteiger partial charge in [-0.05, 0) is 38.0 Å². The molecule has 2 rings (SSSR count). The molecule has 1 aliphatic rings. The van der Waals surface area contributed by atoms with Crippen LogP contribution in [0.15, 0.2) is 17.0 Å². The summed E-state index contributed by atoms with van der Waals surface area (Å²) in [5.74, 6) is 0.176. The van der Waals surface area contributed by atoms with E-state index in [0.717, 1.165) is 16.8 Å². The van der Waals surface area contributed by atoms with Crippen LogP contribution in [-0.4, -0.2) is 33.3 Å². The molecule has 0 saturated carbocycles. The van der Waals surface area contributed by atoms with E-state index in [1.54, 1.807) is 6.07 Å². The van der Waals surface area contributed by atoms with Gasteiger partial charge in [0, 0.05) is 19.1 Å². The normalized spacial score (nSPS) is 19.4. The molecule has 0 fully saturated rings. The van der Waals surface area contributed by atoms with E-state index in [1.807, 2.05) is 26.8 Å². The van der Waals surface area contributed by atoms with Crippen LogP contribution in [0.4, 0.5) is 5.69 Å². The Morgan fingerprint density at radius 1 is 1.39 bits per heavy atom. The number of hydrogen-bond acceptors (Lipinski definition) is 4. The number of sulfone groups is 1. The van der Waals surface area contributed by atoms with Gasteiger partial charge in [0.2, 0.25) is 0 Å². The fraction of sp³-hybridized carbons (Fsp3) is 0.538. The number of nitrogens with two attached hydrogens (primary N) is 1. The molecule has 2 N–H and O–H groups in total. The zero-order chi connectivity index (χ0) is 13.5. The van der Waals surface area contributed by atoms with Crippen LogP contribution >= 0.6 is 0 Å². The van der Waals surface area contributed by atoms with Crippen LogP contribution in [0.3, 0.4) is 0 Å². The number of benzene rings is 1. The highest BCUT2D eigenvalue weighted by Gasteiger charge is 2.30. The lowest BCUT2D eigenvalue weighted by Crippen LogP contribution is -2.42. The van der Waals surface area contributed by atoms with Gasteiger partial charge in [-0.25, -0.2) is 8.42 Å². The van der Waals surface area contributed by atoms with Gasteiger partial charge in [-0.1, -0.05) is 6.07 Å². The summed E-state index contributed by atoms with van der Waals surface area (Å²) in [5, 5.41) is 0. The Balaban J connectivity index is 2.59. The van der Waals surface area contributed by atoms with E-state index in [2.05, 4.69) is 4.90 Å². The molecule has 1 aliphatic heterocycles. The van der Waals surface area contributed by atoms with Crippen molar-refractivity contribution in [3.63, 3.8) is 0 Å². The molecule has 1 heterocycles. The van der Waals surface area contributed by atoms with E-state index in [0.29, 0.717) is 18.0 Å². The number of hydrogen-bond donors (Lipinski definition) is 1. The molecular weight excluding hydrogens is 248 g/mol. The summed E-state index contributed by atoms with van der Waals surface area (Å²) in [7, 11) is -3.14. The Morgan fingerprint density at radius 3 is 2.67 bits per heavy atom. The summed E-state index contributed by atoms with van der Waals surface area (Å²) in [6.45, 7) is 7.04. The van der Waals surface area contributed by atoms with Crippen molar-refractivity contribution >= 4 is 15.5 Å². The van der Waals surface area contributed by atoms with E-state index in [4.69, 9.17) is 5.73 Å². The highest BCUT2D eigenvalue weighted by Crippen LogP contribution is 2.34. The first-order valence-electron chi connectivity index (χ1n) is 6.16. The Morgan fingerprint density at radius 2 is 2.06 bits per heavy atom. The van der Waals surface area contributed by atoms with Crippen molar-refractivity contribution in [3.05, 3.63) is 23.3 Å². The second-order valence-electron chi connectivity index (χ2n) is 5.17. The van der Waals surface area contributed by atoms with Gasteiger partial charge in [-0.15, -0.1) is 0 Å². The Kier molecular flexibility index (Phi) is 3.38. The number of aryl methyl sites for hydroxylation is 2. The molecular formula is C13H20N2O2S. The molecule has 0 radical (unpaired) electrons. The van der Waals surface area contributed by atoms with Gasteiger partial charge >= 0.3 is 0 Å². The molecule has 1 aromatic rings. The maximum absolute atomic E-state index is 12.2. The largest absolute Gasteiger partial charge is 0.368 e. The summed E-state index contributed by atoms with van der Waals surface area (Å²) < 4.78 is 24.3. The summed E-state index contributed by atoms with van der Waals surface area (Å²) >= 11 is 0. The van der Waals surface area contributed by atoms with Crippen LogP contribution < -0.4 is 10.6 Å². The molecule has 0 aromatic heterocycles. The first-order chi connectivity index (χ1) is 8.31. The Bertz CT molecular complexity index is 565. The van der Waals surface area contributed by atoms with Crippen molar-refractivity contribution in [1.29, 1.82) is 0 Å². The van der Waals surface area contributed by atoms with E-state index >= 15 is 0 Å². The third kappa shape index (κ3) is 2.37. The molecule has 4 nitrogen and oxygen atoms in total. The van der Waals surface area contributed by atoms with Gasteiger partial charge in [0.25, 0.3) is 0 Å². The van der Waals surface area contributed by atoms with Gasteiger partial charge in [-0.2, -0.15) is 0 Å². The lowest BCUT2D eigenvalue weighted by Gasteiger charge is -2.33. The summed E-state index contributed by atoms with van der Waals surface area (Å²) in [6, 6.07) is 3.82. The Labute approximate surface area is 109 Å². The third-order valence-electron chi connectivity index (χ3n) is 3.20. The van der Waals surface area contributed by atoms with Crippen molar-refractivity contribution in [2.45, 2.75) is 31.7 Å². The number of rotatable bonds is 2. The monoisotopic (exact) mass is 268 g/mol. The third-order valence-corrected chi connectivity index (χ3v) is 4.90. The molecule has 1 unspecified atom stereocenters. The van der Waals surface area contributed by atoms with Gasteiger partial charge < -0.3 is 10.6 Å². The van der Waals surface area contributed by atoms with Crippen molar-refractivity contribution in [2.24, 2.45) is 5.73 Å². The predicted molar refractivity (Wildman–Crippen MR) is 73.8 cm³/mol. The summed E-state index contributed by atoms with van der Waals surface area (Å²) in [4.78, 5) is 2.56. The topological polar surface area (TPSA) is 63.4 Å². The van der Waals surface area contributed by atoms with E-state index < -0.39 is 9.84 Å².